The highest BCUT2D eigenvalue weighted by atomic mass is 79.9. The van der Waals surface area contributed by atoms with Crippen LogP contribution in [-0.2, 0) is 0 Å². The number of ether oxygens (including phenoxy) is 1. The van der Waals surface area contributed by atoms with E-state index in [9.17, 15) is 4.79 Å². The summed E-state index contributed by atoms with van der Waals surface area (Å²) >= 11 is 3.28. The Morgan fingerprint density at radius 1 is 1.30 bits per heavy atom. The van der Waals surface area contributed by atoms with Gasteiger partial charge in [-0.05, 0) is 47.1 Å². The van der Waals surface area contributed by atoms with Crippen LogP contribution >= 0.6 is 15.9 Å². The Kier molecular flexibility index (Phi) is 3.10. The zero-order chi connectivity index (χ0) is 14.3. The van der Waals surface area contributed by atoms with Gasteiger partial charge < -0.3 is 9.72 Å². The molecule has 0 unspecified atom stereocenters. The number of imidazole rings is 1. The Morgan fingerprint density at radius 2 is 2.00 bits per heavy atom. The molecular weight excluding hydrogens is 322 g/mol. The zero-order valence-electron chi connectivity index (χ0n) is 11.0. The van der Waals surface area contributed by atoms with Gasteiger partial charge in [0.05, 0.1) is 12.8 Å². The van der Waals surface area contributed by atoms with Gasteiger partial charge >= 0.3 is 0 Å². The summed E-state index contributed by atoms with van der Waals surface area (Å²) in [5.74, 6) is 1.31. The highest BCUT2D eigenvalue weighted by Gasteiger charge is 2.10. The maximum atomic E-state index is 12.1. The number of H-pyrrole nitrogens is 1. The van der Waals surface area contributed by atoms with E-state index in [1.807, 2.05) is 31.2 Å². The zero-order valence-corrected chi connectivity index (χ0v) is 12.6. The molecule has 0 bridgehead atoms. The van der Waals surface area contributed by atoms with Gasteiger partial charge in [-0.25, -0.2) is 4.98 Å². The van der Waals surface area contributed by atoms with Crippen molar-refractivity contribution in [2.24, 2.45) is 0 Å². The number of fused-ring (bicyclic) bond motifs is 1. The molecule has 5 nitrogen and oxygen atoms in total. The van der Waals surface area contributed by atoms with E-state index in [0.717, 1.165) is 22.7 Å². The van der Waals surface area contributed by atoms with Crippen LogP contribution in [0.25, 0.3) is 17.0 Å². The van der Waals surface area contributed by atoms with Gasteiger partial charge in [0.15, 0.2) is 0 Å². The number of benzene rings is 1. The van der Waals surface area contributed by atoms with E-state index >= 15 is 0 Å². The summed E-state index contributed by atoms with van der Waals surface area (Å²) in [7, 11) is 1.62. The van der Waals surface area contributed by atoms with Gasteiger partial charge in [-0.2, -0.15) is 0 Å². The van der Waals surface area contributed by atoms with Crippen molar-refractivity contribution in [3.8, 4) is 17.0 Å². The van der Waals surface area contributed by atoms with Gasteiger partial charge in [-0.1, -0.05) is 0 Å². The van der Waals surface area contributed by atoms with Crippen molar-refractivity contribution in [1.29, 1.82) is 0 Å². The highest BCUT2D eigenvalue weighted by molar-refractivity contribution is 9.10. The monoisotopic (exact) mass is 333 g/mol. The number of rotatable bonds is 2. The van der Waals surface area contributed by atoms with E-state index in [0.29, 0.717) is 10.3 Å². The molecule has 20 heavy (non-hydrogen) atoms. The van der Waals surface area contributed by atoms with E-state index in [1.165, 1.54) is 4.40 Å². The summed E-state index contributed by atoms with van der Waals surface area (Å²) in [6, 6.07) is 7.55. The summed E-state index contributed by atoms with van der Waals surface area (Å²) in [6.07, 6.45) is 1.72. The van der Waals surface area contributed by atoms with Crippen LogP contribution in [0.5, 0.6) is 5.75 Å². The van der Waals surface area contributed by atoms with Crippen molar-refractivity contribution in [3.63, 3.8) is 0 Å². The molecule has 0 aliphatic heterocycles. The molecule has 0 saturated carbocycles. The van der Waals surface area contributed by atoms with Gasteiger partial charge in [0, 0.05) is 17.5 Å². The van der Waals surface area contributed by atoms with E-state index in [2.05, 4.69) is 25.9 Å². The Hall–Kier alpha value is -2.08. The normalized spacial score (nSPS) is 10.9. The lowest BCUT2D eigenvalue weighted by Crippen LogP contribution is -2.15. The van der Waals surface area contributed by atoms with Crippen LogP contribution in [0.1, 0.15) is 5.69 Å². The molecule has 3 aromatic rings. The molecular formula is C14H12BrN3O2. The van der Waals surface area contributed by atoms with E-state index in [4.69, 9.17) is 4.74 Å². The molecule has 6 heteroatoms. The molecule has 2 aromatic heterocycles. The standard InChI is InChI=1S/C14H12BrN3O2/c1-8-12(15)13(19)18-7-11(17-14(18)16-8)9-3-5-10(20-2)6-4-9/h3-7H,1-2H3,(H,16,17). The molecule has 102 valence electrons. The fourth-order valence-electron chi connectivity index (χ4n) is 2.01. The summed E-state index contributed by atoms with van der Waals surface area (Å²) in [5.41, 5.74) is 2.30. The van der Waals surface area contributed by atoms with Crippen LogP contribution in [0.4, 0.5) is 0 Å². The van der Waals surface area contributed by atoms with Gasteiger partial charge in [0.2, 0.25) is 5.78 Å². The lowest BCUT2D eigenvalue weighted by Gasteiger charge is -1.99. The minimum Gasteiger partial charge on any atom is -0.497 e. The molecule has 0 fully saturated rings. The van der Waals surface area contributed by atoms with Crippen molar-refractivity contribution in [2.75, 3.05) is 7.11 Å². The highest BCUT2D eigenvalue weighted by Crippen LogP contribution is 2.21. The third-order valence-corrected chi connectivity index (χ3v) is 4.06. The molecule has 0 atom stereocenters. The van der Waals surface area contributed by atoms with Crippen molar-refractivity contribution < 1.29 is 4.74 Å². The topological polar surface area (TPSA) is 59.4 Å². The molecule has 2 heterocycles. The van der Waals surface area contributed by atoms with Crippen molar-refractivity contribution in [3.05, 3.63) is 51.0 Å². The average Bonchev–Trinajstić information content (AvgIpc) is 2.89. The number of methoxy groups -OCH3 is 1. The first-order chi connectivity index (χ1) is 9.60. The number of aromatic nitrogens is 3. The first-order valence-corrected chi connectivity index (χ1v) is 6.81. The molecule has 1 aromatic carbocycles. The smallest absolute Gasteiger partial charge is 0.273 e. The molecule has 1 N–H and O–H groups in total. The van der Waals surface area contributed by atoms with Gasteiger partial charge in [-0.3, -0.25) is 9.20 Å². The molecule has 0 aliphatic rings. The minimum atomic E-state index is -0.122. The Bertz CT molecular complexity index is 834. The molecule has 0 amide bonds. The fourth-order valence-corrected chi connectivity index (χ4v) is 2.30. The van der Waals surface area contributed by atoms with Crippen molar-refractivity contribution in [2.45, 2.75) is 6.92 Å². The van der Waals surface area contributed by atoms with Crippen LogP contribution < -0.4 is 10.3 Å². The predicted molar refractivity (Wildman–Crippen MR) is 80.2 cm³/mol. The SMILES string of the molecule is COc1ccc(-c2cn3c(=O)c(Br)c(C)[nH]c3n2)cc1. The van der Waals surface area contributed by atoms with E-state index in [1.54, 1.807) is 13.3 Å². The van der Waals surface area contributed by atoms with Crippen molar-refractivity contribution in [1.82, 2.24) is 14.4 Å². The predicted octanol–water partition coefficient (Wildman–Crippen LogP) is 2.77. The first-order valence-electron chi connectivity index (χ1n) is 6.02. The minimum absolute atomic E-state index is 0.122. The fraction of sp³-hybridized carbons (Fsp3) is 0.143. The maximum Gasteiger partial charge on any atom is 0.273 e. The molecule has 0 saturated heterocycles. The first kappa shape index (κ1) is 12.9. The molecule has 0 radical (unpaired) electrons. The largest absolute Gasteiger partial charge is 0.497 e. The molecule has 0 aliphatic carbocycles. The quantitative estimate of drug-likeness (QED) is 0.784. The number of hydrogen-bond donors (Lipinski definition) is 1. The van der Waals surface area contributed by atoms with Gasteiger partial charge in [0.1, 0.15) is 10.2 Å². The number of halogens is 1. The molecule has 3 rings (SSSR count). The van der Waals surface area contributed by atoms with Gasteiger partial charge in [-0.15, -0.1) is 0 Å². The van der Waals surface area contributed by atoms with Crippen LogP contribution in [-0.4, -0.2) is 21.5 Å². The number of aromatic amines is 1. The number of nitrogens with one attached hydrogen (secondary N) is 1. The van der Waals surface area contributed by atoms with E-state index < -0.39 is 0 Å². The van der Waals surface area contributed by atoms with Crippen LogP contribution in [0.3, 0.4) is 0 Å². The second-order valence-electron chi connectivity index (χ2n) is 4.42. The summed E-state index contributed by atoms with van der Waals surface area (Å²) < 4.78 is 7.14. The Balaban J connectivity index is 2.17. The van der Waals surface area contributed by atoms with Crippen molar-refractivity contribution >= 4 is 21.7 Å². The average molecular weight is 334 g/mol. The number of nitrogens with zero attached hydrogens (tertiary/aromatic N) is 2. The maximum absolute atomic E-state index is 12.1. The second kappa shape index (κ2) is 4.79. The second-order valence-corrected chi connectivity index (χ2v) is 5.21. The van der Waals surface area contributed by atoms with E-state index in [-0.39, 0.29) is 5.56 Å². The molecule has 0 spiro atoms. The number of aryl methyl sites for hydroxylation is 1. The van der Waals surface area contributed by atoms with Gasteiger partial charge in [0.25, 0.3) is 5.56 Å². The Morgan fingerprint density at radius 3 is 2.65 bits per heavy atom. The lowest BCUT2D eigenvalue weighted by atomic mass is 10.2. The lowest BCUT2D eigenvalue weighted by molar-refractivity contribution is 0.415. The summed E-state index contributed by atoms with van der Waals surface area (Å²) in [5, 5.41) is 0. The van der Waals surface area contributed by atoms with Crippen LogP contribution in [0.2, 0.25) is 0 Å². The van der Waals surface area contributed by atoms with Crippen LogP contribution in [0, 0.1) is 6.92 Å². The summed E-state index contributed by atoms with van der Waals surface area (Å²) in [6.45, 7) is 1.83. The third kappa shape index (κ3) is 2.02. The third-order valence-electron chi connectivity index (χ3n) is 3.13. The summed E-state index contributed by atoms with van der Waals surface area (Å²) in [4.78, 5) is 19.7. The Labute approximate surface area is 123 Å². The van der Waals surface area contributed by atoms with Crippen LogP contribution in [0.15, 0.2) is 39.7 Å². The number of hydrogen-bond acceptors (Lipinski definition) is 3.